The Balaban J connectivity index is 1.87. The molecule has 3 heterocycles. The van der Waals surface area contributed by atoms with Crippen molar-refractivity contribution in [2.75, 3.05) is 29.5 Å². The first-order chi connectivity index (χ1) is 8.25. The van der Waals surface area contributed by atoms with Crippen molar-refractivity contribution in [1.82, 2.24) is 9.55 Å². The topological polar surface area (TPSA) is 64.2 Å². The van der Waals surface area contributed by atoms with E-state index < -0.39 is 0 Å². The molecule has 0 aromatic carbocycles. The number of piperidine rings is 1. The van der Waals surface area contributed by atoms with Gasteiger partial charge in [-0.15, -0.1) is 0 Å². The van der Waals surface area contributed by atoms with E-state index in [2.05, 4.69) is 14.5 Å². The van der Waals surface area contributed by atoms with E-state index in [0.29, 0.717) is 18.6 Å². The van der Waals surface area contributed by atoms with Crippen LogP contribution in [0.3, 0.4) is 0 Å². The highest BCUT2D eigenvalue weighted by Crippen LogP contribution is 2.33. The Hall–Kier alpha value is -1.17. The van der Waals surface area contributed by atoms with Crippen molar-refractivity contribution in [3.63, 3.8) is 0 Å². The van der Waals surface area contributed by atoms with Crippen LogP contribution in [0.25, 0.3) is 0 Å². The van der Waals surface area contributed by atoms with Crippen LogP contribution in [0, 0.1) is 0 Å². The van der Waals surface area contributed by atoms with Gasteiger partial charge >= 0.3 is 0 Å². The molecule has 0 atom stereocenters. The van der Waals surface area contributed by atoms with Gasteiger partial charge in [-0.25, -0.2) is 4.98 Å². The number of fused-ring (bicyclic) bond motifs is 1. The predicted molar refractivity (Wildman–Crippen MR) is 68.4 cm³/mol. The van der Waals surface area contributed by atoms with Gasteiger partial charge in [-0.1, -0.05) is 11.8 Å². The number of anilines is 2. The van der Waals surface area contributed by atoms with Gasteiger partial charge < -0.3 is 15.2 Å². The number of Topliss-reactive ketones (excluding diaryl/α,β-unsaturated/α-hetero) is 1. The molecule has 0 aliphatic carbocycles. The predicted octanol–water partition coefficient (Wildman–Crippen LogP) is 1.13. The third kappa shape index (κ3) is 1.90. The summed E-state index contributed by atoms with van der Waals surface area (Å²) in [5, 5.41) is 1.03. The van der Waals surface area contributed by atoms with Crippen molar-refractivity contribution in [3.8, 4) is 0 Å². The average molecular weight is 252 g/mol. The van der Waals surface area contributed by atoms with Crippen molar-refractivity contribution in [1.29, 1.82) is 0 Å². The number of nitrogens with zero attached hydrogens (tertiary/aromatic N) is 3. The number of thioether (sulfide) groups is 1. The number of imidazole rings is 1. The first-order valence-electron chi connectivity index (χ1n) is 6.01. The second-order valence-electron chi connectivity index (χ2n) is 4.48. The number of aromatic nitrogens is 2. The van der Waals surface area contributed by atoms with Gasteiger partial charge in [0, 0.05) is 38.2 Å². The molecular formula is C11H16N4OS. The van der Waals surface area contributed by atoms with Crippen LogP contribution in [0.4, 0.5) is 11.6 Å². The lowest BCUT2D eigenvalue weighted by Crippen LogP contribution is -2.34. The summed E-state index contributed by atoms with van der Waals surface area (Å²) in [5.41, 5.74) is 6.15. The summed E-state index contributed by atoms with van der Waals surface area (Å²) in [6.45, 7) is 2.47. The first-order valence-corrected chi connectivity index (χ1v) is 7.00. The van der Waals surface area contributed by atoms with Crippen LogP contribution in [0.1, 0.15) is 19.3 Å². The zero-order chi connectivity index (χ0) is 11.8. The molecule has 0 bridgehead atoms. The molecule has 0 unspecified atom stereocenters. The monoisotopic (exact) mass is 252 g/mol. The quantitative estimate of drug-likeness (QED) is 0.811. The van der Waals surface area contributed by atoms with Crippen molar-refractivity contribution >= 4 is 29.2 Å². The molecular weight excluding hydrogens is 236 g/mol. The lowest BCUT2D eigenvalue weighted by molar-refractivity contribution is -0.119. The number of ketones is 1. The molecule has 5 nitrogen and oxygen atoms in total. The fraction of sp³-hybridized carbons (Fsp3) is 0.636. The number of nitrogens with two attached hydrogens (primary N) is 1. The van der Waals surface area contributed by atoms with Crippen LogP contribution in [-0.2, 0) is 11.3 Å². The van der Waals surface area contributed by atoms with Gasteiger partial charge in [0.25, 0.3) is 0 Å². The van der Waals surface area contributed by atoms with E-state index in [4.69, 9.17) is 5.73 Å². The normalized spacial score (nSPS) is 20.5. The molecule has 1 aromatic heterocycles. The van der Waals surface area contributed by atoms with Gasteiger partial charge in [-0.05, 0) is 6.42 Å². The number of nitrogen functional groups attached to an aromatic ring is 1. The minimum atomic E-state index is 0.346. The zero-order valence-corrected chi connectivity index (χ0v) is 10.5. The molecule has 0 radical (unpaired) electrons. The molecule has 92 valence electrons. The van der Waals surface area contributed by atoms with E-state index in [1.807, 2.05) is 0 Å². The van der Waals surface area contributed by atoms with Gasteiger partial charge in [0.15, 0.2) is 11.0 Å². The summed E-state index contributed by atoms with van der Waals surface area (Å²) >= 11 is 1.77. The van der Waals surface area contributed by atoms with Crippen LogP contribution in [0.2, 0.25) is 0 Å². The Kier molecular flexibility index (Phi) is 2.74. The molecule has 1 fully saturated rings. The lowest BCUT2D eigenvalue weighted by Gasteiger charge is -2.26. The van der Waals surface area contributed by atoms with E-state index in [-0.39, 0.29) is 0 Å². The van der Waals surface area contributed by atoms with E-state index in [1.165, 1.54) is 0 Å². The molecule has 0 saturated carbocycles. The lowest BCUT2D eigenvalue weighted by atomic mass is 10.1. The van der Waals surface area contributed by atoms with Crippen molar-refractivity contribution in [3.05, 3.63) is 0 Å². The highest BCUT2D eigenvalue weighted by atomic mass is 32.2. The average Bonchev–Trinajstić information content (AvgIpc) is 2.69. The van der Waals surface area contributed by atoms with E-state index >= 15 is 0 Å². The third-order valence-corrected chi connectivity index (χ3v) is 4.39. The molecule has 2 N–H and O–H groups in total. The molecule has 17 heavy (non-hydrogen) atoms. The van der Waals surface area contributed by atoms with Crippen LogP contribution in [0.5, 0.6) is 0 Å². The fourth-order valence-corrected chi connectivity index (χ4v) is 3.30. The molecule has 0 amide bonds. The molecule has 2 aliphatic heterocycles. The molecule has 3 rings (SSSR count). The first kappa shape index (κ1) is 11.0. The number of carbonyl (C=O) groups is 1. The second-order valence-corrected chi connectivity index (χ2v) is 5.54. The van der Waals surface area contributed by atoms with Crippen LogP contribution < -0.4 is 10.6 Å². The fourth-order valence-electron chi connectivity index (χ4n) is 2.35. The van der Waals surface area contributed by atoms with E-state index in [1.54, 1.807) is 11.8 Å². The molecule has 1 aromatic rings. The smallest absolute Gasteiger partial charge is 0.172 e. The third-order valence-electron chi connectivity index (χ3n) is 3.33. The zero-order valence-electron chi connectivity index (χ0n) is 9.69. The number of carbonyl (C=O) groups excluding carboxylic acids is 1. The van der Waals surface area contributed by atoms with Crippen LogP contribution >= 0.6 is 11.8 Å². The van der Waals surface area contributed by atoms with Gasteiger partial charge in [-0.2, -0.15) is 0 Å². The minimum Gasteiger partial charge on any atom is -0.382 e. The minimum absolute atomic E-state index is 0.346. The highest BCUT2D eigenvalue weighted by molar-refractivity contribution is 7.99. The Morgan fingerprint density at radius 3 is 2.71 bits per heavy atom. The SMILES string of the molecule is Nc1c(N2CCC(=O)CC2)nc2n1CCCS2. The van der Waals surface area contributed by atoms with Crippen LogP contribution in [0.15, 0.2) is 5.16 Å². The number of hydrogen-bond acceptors (Lipinski definition) is 5. The molecule has 2 aliphatic rings. The summed E-state index contributed by atoms with van der Waals surface area (Å²) in [6, 6.07) is 0. The number of hydrogen-bond donors (Lipinski definition) is 1. The highest BCUT2D eigenvalue weighted by Gasteiger charge is 2.24. The van der Waals surface area contributed by atoms with Gasteiger partial charge in [0.1, 0.15) is 11.6 Å². The summed E-state index contributed by atoms with van der Waals surface area (Å²) in [5.74, 6) is 3.11. The molecule has 6 heteroatoms. The van der Waals surface area contributed by atoms with Crippen molar-refractivity contribution < 1.29 is 4.79 Å². The second kappa shape index (κ2) is 4.25. The summed E-state index contributed by atoms with van der Waals surface area (Å²) in [7, 11) is 0. The Labute approximate surface area is 104 Å². The Morgan fingerprint density at radius 1 is 1.24 bits per heavy atom. The van der Waals surface area contributed by atoms with Crippen molar-refractivity contribution in [2.45, 2.75) is 31.0 Å². The van der Waals surface area contributed by atoms with E-state index in [0.717, 1.165) is 48.6 Å². The van der Waals surface area contributed by atoms with Gasteiger partial charge in [0.05, 0.1) is 0 Å². The van der Waals surface area contributed by atoms with Gasteiger partial charge in [0.2, 0.25) is 0 Å². The molecule has 1 saturated heterocycles. The maximum atomic E-state index is 11.2. The Morgan fingerprint density at radius 2 is 2.00 bits per heavy atom. The summed E-state index contributed by atoms with van der Waals surface area (Å²) in [4.78, 5) is 18.0. The maximum Gasteiger partial charge on any atom is 0.172 e. The van der Waals surface area contributed by atoms with Crippen molar-refractivity contribution in [2.24, 2.45) is 0 Å². The largest absolute Gasteiger partial charge is 0.382 e. The van der Waals surface area contributed by atoms with E-state index in [9.17, 15) is 4.79 Å². The maximum absolute atomic E-state index is 11.2. The number of rotatable bonds is 1. The standard InChI is InChI=1S/C11H16N4OS/c12-9-10(14-5-2-8(16)3-6-14)13-11-15(9)4-1-7-17-11/h1-7,12H2. The Bertz CT molecular complexity index is 447. The summed E-state index contributed by atoms with van der Waals surface area (Å²) < 4.78 is 2.10. The van der Waals surface area contributed by atoms with Crippen LogP contribution in [-0.4, -0.2) is 34.2 Å². The summed E-state index contributed by atoms with van der Waals surface area (Å²) in [6.07, 6.45) is 2.39. The van der Waals surface area contributed by atoms with Gasteiger partial charge in [-0.3, -0.25) is 4.79 Å². The molecule has 0 spiro atoms.